The first-order chi connectivity index (χ1) is 14.3. The Labute approximate surface area is 178 Å². The van der Waals surface area contributed by atoms with Gasteiger partial charge in [0.2, 0.25) is 5.91 Å². The molecule has 30 heavy (non-hydrogen) atoms. The van der Waals surface area contributed by atoms with Crippen molar-refractivity contribution in [2.75, 3.05) is 18.9 Å². The molecular weight excluding hydrogens is 374 g/mol. The van der Waals surface area contributed by atoms with Gasteiger partial charge in [-0.25, -0.2) is 0 Å². The van der Waals surface area contributed by atoms with Gasteiger partial charge in [0, 0.05) is 18.3 Å². The van der Waals surface area contributed by atoms with Crippen LogP contribution < -0.4 is 10.6 Å². The minimum absolute atomic E-state index is 0.0214. The number of anilines is 1. The molecular formula is C25H30N3O2+. The first kappa shape index (κ1) is 21.5. The van der Waals surface area contributed by atoms with Gasteiger partial charge in [-0.05, 0) is 43.7 Å². The number of rotatable bonds is 7. The second-order valence-electron chi connectivity index (χ2n) is 7.95. The van der Waals surface area contributed by atoms with Crippen LogP contribution in [0.5, 0.6) is 0 Å². The van der Waals surface area contributed by atoms with Crippen LogP contribution in [0.1, 0.15) is 31.0 Å². The van der Waals surface area contributed by atoms with Gasteiger partial charge in [0.15, 0.2) is 6.04 Å². The molecule has 0 saturated heterocycles. The van der Waals surface area contributed by atoms with E-state index in [-0.39, 0.29) is 30.4 Å². The van der Waals surface area contributed by atoms with Gasteiger partial charge in [0.1, 0.15) is 6.04 Å². The van der Waals surface area contributed by atoms with Crippen molar-refractivity contribution >= 4 is 28.3 Å². The van der Waals surface area contributed by atoms with Crippen molar-refractivity contribution in [2.24, 2.45) is 0 Å². The zero-order chi connectivity index (χ0) is 21.7. The van der Waals surface area contributed by atoms with Gasteiger partial charge in [-0.1, -0.05) is 60.2 Å². The molecule has 0 spiro atoms. The van der Waals surface area contributed by atoms with Crippen LogP contribution in [0.15, 0.2) is 66.7 Å². The zero-order valence-corrected chi connectivity index (χ0v) is 18.1. The highest BCUT2D eigenvalue weighted by Crippen LogP contribution is 2.22. The fraction of sp³-hybridized carbons (Fsp3) is 0.280. The number of nitrogens with one attached hydrogen (secondary N) is 1. The molecule has 0 saturated carbocycles. The number of hydrogen-bond donors (Lipinski definition) is 2. The number of quaternary nitrogens is 1. The Kier molecular flexibility index (Phi) is 6.85. The summed E-state index contributed by atoms with van der Waals surface area (Å²) < 4.78 is 0. The lowest BCUT2D eigenvalue weighted by Crippen LogP contribution is -2.92. The van der Waals surface area contributed by atoms with E-state index in [1.807, 2.05) is 50.2 Å². The predicted octanol–water partition coefficient (Wildman–Crippen LogP) is 3.26. The third kappa shape index (κ3) is 5.24. The lowest BCUT2D eigenvalue weighted by molar-refractivity contribution is -0.710. The second kappa shape index (κ2) is 9.55. The molecule has 5 heteroatoms. The van der Waals surface area contributed by atoms with Crippen molar-refractivity contribution in [3.05, 3.63) is 77.9 Å². The van der Waals surface area contributed by atoms with E-state index in [9.17, 15) is 9.59 Å². The average molecular weight is 405 g/mol. The molecule has 0 aliphatic carbocycles. The summed E-state index contributed by atoms with van der Waals surface area (Å²) in [6.45, 7) is 6.01. The predicted molar refractivity (Wildman–Crippen MR) is 121 cm³/mol. The summed E-state index contributed by atoms with van der Waals surface area (Å²) >= 11 is 0. The summed E-state index contributed by atoms with van der Waals surface area (Å²) in [5, 5.41) is 7.29. The number of nitrogens with zero attached hydrogens (tertiary/aromatic N) is 1. The normalized spacial score (nSPS) is 12.9. The van der Waals surface area contributed by atoms with Crippen LogP contribution in [0.4, 0.5) is 5.69 Å². The average Bonchev–Trinajstić information content (AvgIpc) is 2.74. The van der Waals surface area contributed by atoms with Gasteiger partial charge in [-0.15, -0.1) is 0 Å². The second-order valence-corrected chi connectivity index (χ2v) is 7.95. The molecule has 0 radical (unpaired) electrons. The highest BCUT2D eigenvalue weighted by molar-refractivity contribution is 5.95. The Bertz CT molecular complexity index is 1020. The van der Waals surface area contributed by atoms with Crippen LogP contribution >= 0.6 is 0 Å². The smallest absolute Gasteiger partial charge is 0.280 e. The van der Waals surface area contributed by atoms with Crippen molar-refractivity contribution in [1.82, 2.24) is 4.90 Å². The van der Waals surface area contributed by atoms with E-state index < -0.39 is 0 Å². The fourth-order valence-electron chi connectivity index (χ4n) is 3.74. The molecule has 0 aliphatic heterocycles. The standard InChI is InChI=1S/C25H29N3O2/c1-17-12-14-21(15-13-17)27-24(29)16-28(4)25(30)19(3)26-18(2)22-11-7-9-20-8-5-6-10-23(20)22/h5-15,18-19,26H,16H2,1-4H3,(H,27,29)/p+1/t18-,19-/m0/s1. The quantitative estimate of drug-likeness (QED) is 0.635. The van der Waals surface area contributed by atoms with Crippen LogP contribution in [0.25, 0.3) is 10.8 Å². The molecule has 2 atom stereocenters. The first-order valence-corrected chi connectivity index (χ1v) is 10.3. The van der Waals surface area contributed by atoms with Gasteiger partial charge in [0.25, 0.3) is 5.91 Å². The van der Waals surface area contributed by atoms with E-state index in [0.29, 0.717) is 0 Å². The number of aryl methyl sites for hydroxylation is 1. The van der Waals surface area contributed by atoms with Gasteiger partial charge in [0.05, 0.1) is 6.54 Å². The molecule has 0 bridgehead atoms. The summed E-state index contributed by atoms with van der Waals surface area (Å²) in [6.07, 6.45) is 0. The third-order valence-electron chi connectivity index (χ3n) is 5.37. The van der Waals surface area contributed by atoms with E-state index in [1.54, 1.807) is 7.05 Å². The summed E-state index contributed by atoms with van der Waals surface area (Å²) in [7, 11) is 1.67. The van der Waals surface area contributed by atoms with Crippen molar-refractivity contribution < 1.29 is 14.9 Å². The Balaban J connectivity index is 1.58. The lowest BCUT2D eigenvalue weighted by atomic mass is 9.99. The molecule has 3 aromatic rings. The molecule has 0 heterocycles. The number of benzene rings is 3. The number of hydrogen-bond acceptors (Lipinski definition) is 2. The largest absolute Gasteiger partial charge is 0.331 e. The minimum atomic E-state index is -0.295. The van der Waals surface area contributed by atoms with Crippen molar-refractivity contribution in [3.63, 3.8) is 0 Å². The Morgan fingerprint density at radius 1 is 0.967 bits per heavy atom. The number of fused-ring (bicyclic) bond motifs is 1. The van der Waals surface area contributed by atoms with E-state index in [4.69, 9.17) is 0 Å². The molecule has 0 fully saturated rings. The number of carbonyl (C=O) groups is 2. The maximum atomic E-state index is 12.8. The number of amides is 2. The highest BCUT2D eigenvalue weighted by Gasteiger charge is 2.25. The Morgan fingerprint density at radius 3 is 2.37 bits per heavy atom. The van der Waals surface area contributed by atoms with Crippen molar-refractivity contribution in [3.8, 4) is 0 Å². The molecule has 5 nitrogen and oxygen atoms in total. The first-order valence-electron chi connectivity index (χ1n) is 10.3. The topological polar surface area (TPSA) is 66.0 Å². The van der Waals surface area contributed by atoms with Crippen LogP contribution in [-0.4, -0.2) is 36.3 Å². The van der Waals surface area contributed by atoms with Gasteiger partial charge in [-0.3, -0.25) is 9.59 Å². The summed E-state index contributed by atoms with van der Waals surface area (Å²) in [4.78, 5) is 26.6. The molecule has 2 amide bonds. The monoisotopic (exact) mass is 404 g/mol. The molecule has 156 valence electrons. The fourth-order valence-corrected chi connectivity index (χ4v) is 3.74. The zero-order valence-electron chi connectivity index (χ0n) is 18.1. The van der Waals surface area contributed by atoms with Crippen molar-refractivity contribution in [2.45, 2.75) is 32.9 Å². The summed E-state index contributed by atoms with van der Waals surface area (Å²) in [5.41, 5.74) is 3.06. The van der Waals surface area contributed by atoms with Crippen LogP contribution in [0, 0.1) is 6.92 Å². The van der Waals surface area contributed by atoms with Crippen LogP contribution in [0.3, 0.4) is 0 Å². The third-order valence-corrected chi connectivity index (χ3v) is 5.37. The highest BCUT2D eigenvalue weighted by atomic mass is 16.2. The van der Waals surface area contributed by atoms with Crippen LogP contribution in [0.2, 0.25) is 0 Å². The number of nitrogens with two attached hydrogens (primary N) is 1. The van der Waals surface area contributed by atoms with Gasteiger partial charge in [-0.2, -0.15) is 0 Å². The molecule has 0 aliphatic rings. The van der Waals surface area contributed by atoms with E-state index in [0.717, 1.165) is 11.3 Å². The van der Waals surface area contributed by atoms with Crippen molar-refractivity contribution in [1.29, 1.82) is 0 Å². The van der Waals surface area contributed by atoms with E-state index in [2.05, 4.69) is 47.9 Å². The Hall–Kier alpha value is -3.18. The molecule has 3 rings (SSSR count). The summed E-state index contributed by atoms with van der Waals surface area (Å²) in [6, 6.07) is 22.0. The maximum absolute atomic E-state index is 12.8. The van der Waals surface area contributed by atoms with Crippen LogP contribution in [-0.2, 0) is 9.59 Å². The number of likely N-dealkylation sites (N-methyl/N-ethyl adjacent to an activating group) is 1. The van der Waals surface area contributed by atoms with E-state index >= 15 is 0 Å². The molecule has 3 N–H and O–H groups in total. The van der Waals surface area contributed by atoms with Gasteiger partial charge < -0.3 is 15.5 Å². The van der Waals surface area contributed by atoms with E-state index in [1.165, 1.54) is 21.2 Å². The SMILES string of the molecule is Cc1ccc(NC(=O)CN(C)C(=O)[C@H](C)[NH2+][C@@H](C)c2cccc3ccccc23)cc1. The van der Waals surface area contributed by atoms with Gasteiger partial charge >= 0.3 is 0 Å². The molecule has 0 unspecified atom stereocenters. The number of carbonyl (C=O) groups excluding carboxylic acids is 2. The molecule has 0 aromatic heterocycles. The maximum Gasteiger partial charge on any atom is 0.280 e. The Morgan fingerprint density at radius 2 is 1.63 bits per heavy atom. The summed E-state index contributed by atoms with van der Waals surface area (Å²) in [5.74, 6) is -0.273. The lowest BCUT2D eigenvalue weighted by Gasteiger charge is -2.23. The minimum Gasteiger partial charge on any atom is -0.331 e. The molecule has 3 aromatic carbocycles.